The second-order valence-corrected chi connectivity index (χ2v) is 4.39. The van der Waals surface area contributed by atoms with Crippen LogP contribution in [0.15, 0.2) is 23.6 Å². The van der Waals surface area contributed by atoms with Crippen LogP contribution >= 0.6 is 11.8 Å². The molecule has 3 aromatic rings. The largest absolute Gasteiger partial charge is 0.349 e. The summed E-state index contributed by atoms with van der Waals surface area (Å²) in [5.74, 6) is 0. The number of aromatic nitrogens is 4. The molecule has 4 nitrogen and oxygen atoms in total. The van der Waals surface area contributed by atoms with Crippen LogP contribution in [0, 0.1) is 6.92 Å². The van der Waals surface area contributed by atoms with E-state index >= 15 is 0 Å². The van der Waals surface area contributed by atoms with Gasteiger partial charge in [-0.25, -0.2) is 15.0 Å². The fourth-order valence-corrected chi connectivity index (χ4v) is 2.58. The Morgan fingerprint density at radius 2 is 2.06 bits per heavy atom. The molecule has 3 rings (SSSR count). The second-order valence-electron chi connectivity index (χ2n) is 3.57. The smallest absolute Gasteiger partial charge is 0.116 e. The van der Waals surface area contributed by atoms with E-state index in [2.05, 4.69) is 19.9 Å². The van der Waals surface area contributed by atoms with E-state index in [0.29, 0.717) is 0 Å². The van der Waals surface area contributed by atoms with E-state index in [1.807, 2.05) is 19.2 Å². The molecular formula is C11H10N4S. The predicted octanol–water partition coefficient (Wildman–Crippen LogP) is 2.54. The quantitative estimate of drug-likeness (QED) is 0.653. The Bertz CT molecular complexity index is 674. The number of nitrogens with one attached hydrogen (secondary N) is 1. The number of benzene rings is 1. The highest BCUT2D eigenvalue weighted by Gasteiger charge is 2.11. The first-order valence-corrected chi connectivity index (χ1v) is 6.15. The van der Waals surface area contributed by atoms with Crippen molar-refractivity contribution in [2.45, 2.75) is 11.8 Å². The lowest BCUT2D eigenvalue weighted by molar-refractivity contribution is 1.14. The normalized spacial score (nSPS) is 11.4. The highest BCUT2D eigenvalue weighted by atomic mass is 32.2. The molecule has 1 aromatic carbocycles. The molecule has 0 aliphatic carbocycles. The zero-order valence-corrected chi connectivity index (χ0v) is 9.80. The van der Waals surface area contributed by atoms with Gasteiger partial charge in [0.25, 0.3) is 0 Å². The summed E-state index contributed by atoms with van der Waals surface area (Å²) < 4.78 is 0. The molecule has 0 bridgehead atoms. The molecule has 0 atom stereocenters. The summed E-state index contributed by atoms with van der Waals surface area (Å²) >= 11 is 1.66. The molecule has 0 saturated heterocycles. The third-order valence-electron chi connectivity index (χ3n) is 2.68. The van der Waals surface area contributed by atoms with E-state index in [-0.39, 0.29) is 0 Å². The van der Waals surface area contributed by atoms with E-state index in [4.69, 9.17) is 0 Å². The summed E-state index contributed by atoms with van der Waals surface area (Å²) in [5, 5.41) is 1.11. The zero-order chi connectivity index (χ0) is 11.1. The van der Waals surface area contributed by atoms with Gasteiger partial charge in [-0.2, -0.15) is 0 Å². The number of aryl methyl sites for hydroxylation is 1. The third-order valence-corrected chi connectivity index (χ3v) is 3.47. The van der Waals surface area contributed by atoms with Crippen molar-refractivity contribution < 1.29 is 0 Å². The van der Waals surface area contributed by atoms with Gasteiger partial charge in [0.05, 0.1) is 22.3 Å². The van der Waals surface area contributed by atoms with Crippen molar-refractivity contribution in [2.75, 3.05) is 6.26 Å². The van der Waals surface area contributed by atoms with Crippen molar-refractivity contribution >= 4 is 33.7 Å². The Morgan fingerprint density at radius 1 is 1.19 bits per heavy atom. The molecule has 0 aliphatic heterocycles. The molecule has 0 spiro atoms. The molecule has 0 radical (unpaired) electrons. The maximum Gasteiger partial charge on any atom is 0.116 e. The fraction of sp³-hybridized carbons (Fsp3) is 0.182. The van der Waals surface area contributed by atoms with Gasteiger partial charge in [-0.3, -0.25) is 0 Å². The third kappa shape index (κ3) is 1.21. The topological polar surface area (TPSA) is 54.5 Å². The van der Waals surface area contributed by atoms with Gasteiger partial charge in [0, 0.05) is 11.1 Å². The molecule has 0 unspecified atom stereocenters. The second kappa shape index (κ2) is 3.45. The number of aromatic amines is 1. The minimum atomic E-state index is 0.932. The summed E-state index contributed by atoms with van der Waals surface area (Å²) in [7, 11) is 0. The Labute approximate surface area is 96.5 Å². The minimum absolute atomic E-state index is 0.932. The monoisotopic (exact) mass is 230 g/mol. The van der Waals surface area contributed by atoms with Crippen molar-refractivity contribution in [3.05, 3.63) is 24.4 Å². The molecule has 0 fully saturated rings. The first-order chi connectivity index (χ1) is 7.81. The fourth-order valence-electron chi connectivity index (χ4n) is 1.87. The van der Waals surface area contributed by atoms with Crippen LogP contribution in [-0.4, -0.2) is 26.2 Å². The van der Waals surface area contributed by atoms with Gasteiger partial charge in [-0.15, -0.1) is 11.8 Å². The van der Waals surface area contributed by atoms with Crippen molar-refractivity contribution in [3.8, 4) is 0 Å². The number of H-pyrrole nitrogens is 1. The van der Waals surface area contributed by atoms with Gasteiger partial charge < -0.3 is 4.98 Å². The number of hydrogen-bond acceptors (Lipinski definition) is 4. The number of rotatable bonds is 1. The summed E-state index contributed by atoms with van der Waals surface area (Å²) in [6, 6.07) is 2.04. The summed E-state index contributed by atoms with van der Waals surface area (Å²) in [5.41, 5.74) is 3.97. The van der Waals surface area contributed by atoms with Crippen LogP contribution in [0.5, 0.6) is 0 Å². The molecule has 2 aromatic heterocycles. The van der Waals surface area contributed by atoms with Gasteiger partial charge in [-0.1, -0.05) is 0 Å². The summed E-state index contributed by atoms with van der Waals surface area (Å²) in [6.07, 6.45) is 5.36. The Morgan fingerprint density at radius 3 is 2.88 bits per heavy atom. The van der Waals surface area contributed by atoms with Crippen LogP contribution in [0.4, 0.5) is 0 Å². The van der Waals surface area contributed by atoms with Crippen molar-refractivity contribution in [1.29, 1.82) is 0 Å². The van der Waals surface area contributed by atoms with Crippen LogP contribution in [0.3, 0.4) is 0 Å². The van der Waals surface area contributed by atoms with E-state index in [0.717, 1.165) is 32.5 Å². The first-order valence-electron chi connectivity index (χ1n) is 4.92. The molecule has 0 amide bonds. The molecule has 1 N–H and O–H groups in total. The molecule has 2 heterocycles. The summed E-state index contributed by atoms with van der Waals surface area (Å²) in [6.45, 7) is 2.04. The van der Waals surface area contributed by atoms with Crippen LogP contribution in [0.25, 0.3) is 21.9 Å². The number of thioether (sulfide) groups is 1. The highest BCUT2D eigenvalue weighted by Crippen LogP contribution is 2.32. The first kappa shape index (κ1) is 9.59. The van der Waals surface area contributed by atoms with Crippen LogP contribution in [0.1, 0.15) is 5.69 Å². The molecule has 5 heteroatoms. The molecular weight excluding hydrogens is 220 g/mol. The lowest BCUT2D eigenvalue weighted by Crippen LogP contribution is -1.90. The van der Waals surface area contributed by atoms with Crippen molar-refractivity contribution in [2.24, 2.45) is 0 Å². The van der Waals surface area contributed by atoms with E-state index in [1.165, 1.54) is 0 Å². The molecule has 0 saturated carbocycles. The lowest BCUT2D eigenvalue weighted by atomic mass is 10.2. The number of hydrogen-bond donors (Lipinski definition) is 1. The molecule has 0 aliphatic rings. The maximum absolute atomic E-state index is 4.40. The molecule has 16 heavy (non-hydrogen) atoms. The van der Waals surface area contributed by atoms with Crippen LogP contribution in [-0.2, 0) is 0 Å². The van der Waals surface area contributed by atoms with Gasteiger partial charge in [0.2, 0.25) is 0 Å². The zero-order valence-electron chi connectivity index (χ0n) is 8.98. The van der Waals surface area contributed by atoms with E-state index in [1.54, 1.807) is 24.4 Å². The van der Waals surface area contributed by atoms with Crippen LogP contribution in [0.2, 0.25) is 0 Å². The van der Waals surface area contributed by atoms with E-state index < -0.39 is 0 Å². The Kier molecular flexibility index (Phi) is 2.07. The number of imidazole rings is 1. The number of nitrogens with zero attached hydrogens (tertiary/aromatic N) is 3. The standard InChI is InChI=1S/C11H10N4S/c1-6-7-3-8-10(15-5-13-8)11(16-2)9(7)14-4-12-6/h3-5H,1-2H3,(H,12,14). The highest BCUT2D eigenvalue weighted by molar-refractivity contribution is 7.99. The van der Waals surface area contributed by atoms with Gasteiger partial charge in [0.15, 0.2) is 0 Å². The van der Waals surface area contributed by atoms with Crippen molar-refractivity contribution in [3.63, 3.8) is 0 Å². The van der Waals surface area contributed by atoms with Crippen molar-refractivity contribution in [1.82, 2.24) is 19.9 Å². The average Bonchev–Trinajstić information content (AvgIpc) is 2.75. The number of fused-ring (bicyclic) bond motifs is 2. The van der Waals surface area contributed by atoms with Gasteiger partial charge >= 0.3 is 0 Å². The van der Waals surface area contributed by atoms with Crippen LogP contribution < -0.4 is 0 Å². The Balaban J connectivity index is 2.59. The average molecular weight is 230 g/mol. The minimum Gasteiger partial charge on any atom is -0.349 e. The SMILES string of the molecule is CSc1c2ncnc2cc2c(C)[nH]cnc12. The van der Waals surface area contributed by atoms with Gasteiger partial charge in [-0.05, 0) is 19.2 Å². The summed E-state index contributed by atoms with van der Waals surface area (Å²) in [4.78, 5) is 17.2. The lowest BCUT2D eigenvalue weighted by Gasteiger charge is -2.06. The van der Waals surface area contributed by atoms with Gasteiger partial charge in [0.1, 0.15) is 11.8 Å². The Hall–Kier alpha value is -1.62. The maximum atomic E-state index is 4.40. The predicted molar refractivity (Wildman–Crippen MR) is 65.7 cm³/mol. The van der Waals surface area contributed by atoms with E-state index in [9.17, 15) is 0 Å². The molecule has 80 valence electrons.